The van der Waals surface area contributed by atoms with Crippen molar-refractivity contribution >= 4 is 0 Å². The van der Waals surface area contributed by atoms with Crippen LogP contribution >= 0.6 is 0 Å². The summed E-state index contributed by atoms with van der Waals surface area (Å²) >= 11 is 0. The average Bonchev–Trinajstić information content (AvgIpc) is 2.87. The number of aliphatic hydroxyl groups is 1. The Morgan fingerprint density at radius 3 is 2.36 bits per heavy atom. The van der Waals surface area contributed by atoms with Crippen molar-refractivity contribution in [2.75, 3.05) is 0 Å². The first-order chi connectivity index (χ1) is 11.7. The highest BCUT2D eigenvalue weighted by atomic mass is 16.3. The van der Waals surface area contributed by atoms with Gasteiger partial charge >= 0.3 is 0 Å². The fourth-order valence-electron chi connectivity index (χ4n) is 8.33. The largest absolute Gasteiger partial charge is 0.390 e. The number of rotatable bonds is 2. The summed E-state index contributed by atoms with van der Waals surface area (Å²) in [5, 5.41) is 10.8. The molecule has 0 aromatic heterocycles. The number of fused-ring (bicyclic) bond motifs is 5. The van der Waals surface area contributed by atoms with Crippen molar-refractivity contribution in [1.82, 2.24) is 0 Å². The fourth-order valence-corrected chi connectivity index (χ4v) is 8.33. The smallest absolute Gasteiger partial charge is 0.0648 e. The standard InChI is InChI=1S/C23H41NO/c1-5-23(25)13-9-17-16(14-23)6-7-19-18(17)8-11-22(4)20(19)10-12-21(22,3)15(2)24/h15-20,25H,5-14,24H2,1-4H3/t15-,16-,17+,18-,19-,20+,21-,22+,23-/m1/s1. The lowest BCUT2D eigenvalue weighted by molar-refractivity contribution is -0.117. The molecule has 0 aromatic carbocycles. The Hall–Kier alpha value is -0.0800. The molecule has 9 atom stereocenters. The zero-order chi connectivity index (χ0) is 18.0. The Bertz CT molecular complexity index is 518. The van der Waals surface area contributed by atoms with Crippen molar-refractivity contribution in [3.63, 3.8) is 0 Å². The van der Waals surface area contributed by atoms with Crippen molar-refractivity contribution in [2.24, 2.45) is 46.2 Å². The highest BCUT2D eigenvalue weighted by Gasteiger charge is 2.62. The van der Waals surface area contributed by atoms with E-state index in [0.717, 1.165) is 48.9 Å². The summed E-state index contributed by atoms with van der Waals surface area (Å²) in [5.41, 5.74) is 6.95. The molecular formula is C23H41NO. The molecule has 144 valence electrons. The molecule has 2 nitrogen and oxygen atoms in total. The Balaban J connectivity index is 1.56. The Labute approximate surface area is 155 Å². The van der Waals surface area contributed by atoms with E-state index in [1.807, 2.05) is 0 Å². The zero-order valence-electron chi connectivity index (χ0n) is 17.1. The summed E-state index contributed by atoms with van der Waals surface area (Å²) < 4.78 is 0. The van der Waals surface area contributed by atoms with Gasteiger partial charge in [0.05, 0.1) is 5.60 Å². The third kappa shape index (κ3) is 2.49. The molecule has 3 N–H and O–H groups in total. The van der Waals surface area contributed by atoms with Gasteiger partial charge in [-0.2, -0.15) is 0 Å². The maximum Gasteiger partial charge on any atom is 0.0648 e. The molecule has 0 amide bonds. The van der Waals surface area contributed by atoms with Gasteiger partial charge in [0.1, 0.15) is 0 Å². The van der Waals surface area contributed by atoms with Crippen molar-refractivity contribution in [2.45, 2.75) is 104 Å². The number of nitrogens with two attached hydrogens (primary N) is 1. The minimum Gasteiger partial charge on any atom is -0.390 e. The molecule has 0 unspecified atom stereocenters. The first kappa shape index (κ1) is 18.3. The van der Waals surface area contributed by atoms with Gasteiger partial charge in [0.25, 0.3) is 0 Å². The van der Waals surface area contributed by atoms with E-state index in [1.165, 1.54) is 44.9 Å². The van der Waals surface area contributed by atoms with Gasteiger partial charge in [-0.25, -0.2) is 0 Å². The normalized spacial score (nSPS) is 56.6. The van der Waals surface area contributed by atoms with Crippen LogP contribution in [0, 0.1) is 40.4 Å². The third-order valence-electron chi connectivity index (χ3n) is 10.4. The van der Waals surface area contributed by atoms with Crippen molar-refractivity contribution in [3.05, 3.63) is 0 Å². The molecule has 4 aliphatic rings. The summed E-state index contributed by atoms with van der Waals surface area (Å²) in [6, 6.07) is 0.310. The summed E-state index contributed by atoms with van der Waals surface area (Å²) in [6.07, 6.45) is 12.7. The Morgan fingerprint density at radius 2 is 1.68 bits per heavy atom. The van der Waals surface area contributed by atoms with E-state index in [1.54, 1.807) is 0 Å². The number of hydrogen-bond acceptors (Lipinski definition) is 2. The lowest BCUT2D eigenvalue weighted by Gasteiger charge is -2.59. The van der Waals surface area contributed by atoms with Gasteiger partial charge in [-0.1, -0.05) is 20.8 Å². The van der Waals surface area contributed by atoms with Crippen LogP contribution in [-0.4, -0.2) is 16.7 Å². The van der Waals surface area contributed by atoms with Gasteiger partial charge in [-0.15, -0.1) is 0 Å². The summed E-state index contributed by atoms with van der Waals surface area (Å²) in [6.45, 7) is 9.51. The molecule has 0 saturated heterocycles. The summed E-state index contributed by atoms with van der Waals surface area (Å²) in [5.74, 6) is 4.47. The van der Waals surface area contributed by atoms with E-state index in [9.17, 15) is 5.11 Å². The molecule has 0 radical (unpaired) electrons. The Kier molecular flexibility index (Phi) is 4.36. The van der Waals surface area contributed by atoms with E-state index in [4.69, 9.17) is 5.73 Å². The van der Waals surface area contributed by atoms with Crippen LogP contribution in [0.25, 0.3) is 0 Å². The second-order valence-electron chi connectivity index (χ2n) is 11.0. The molecule has 0 bridgehead atoms. The van der Waals surface area contributed by atoms with Gasteiger partial charge in [-0.3, -0.25) is 0 Å². The molecular weight excluding hydrogens is 306 g/mol. The highest BCUT2D eigenvalue weighted by Crippen LogP contribution is 2.68. The monoisotopic (exact) mass is 347 g/mol. The molecule has 25 heavy (non-hydrogen) atoms. The Morgan fingerprint density at radius 1 is 0.960 bits per heavy atom. The van der Waals surface area contributed by atoms with Crippen LogP contribution in [0.1, 0.15) is 91.9 Å². The lowest BCUT2D eigenvalue weighted by Crippen LogP contribution is -2.55. The minimum atomic E-state index is -0.349. The second kappa shape index (κ2) is 5.96. The van der Waals surface area contributed by atoms with E-state index in [2.05, 4.69) is 27.7 Å². The lowest BCUT2D eigenvalue weighted by atomic mass is 9.46. The van der Waals surface area contributed by atoms with E-state index in [-0.39, 0.29) is 5.60 Å². The predicted molar refractivity (Wildman–Crippen MR) is 104 cm³/mol. The molecule has 4 fully saturated rings. The summed E-state index contributed by atoms with van der Waals surface area (Å²) in [4.78, 5) is 0. The average molecular weight is 348 g/mol. The van der Waals surface area contributed by atoms with Crippen LogP contribution in [0.5, 0.6) is 0 Å². The topological polar surface area (TPSA) is 46.2 Å². The molecule has 4 saturated carbocycles. The first-order valence-corrected chi connectivity index (χ1v) is 11.2. The summed E-state index contributed by atoms with van der Waals surface area (Å²) in [7, 11) is 0. The maximum atomic E-state index is 10.8. The van der Waals surface area contributed by atoms with Crippen molar-refractivity contribution in [3.8, 4) is 0 Å². The van der Waals surface area contributed by atoms with Gasteiger partial charge < -0.3 is 10.8 Å². The van der Waals surface area contributed by atoms with Crippen LogP contribution in [0.2, 0.25) is 0 Å². The number of hydrogen-bond donors (Lipinski definition) is 2. The highest BCUT2D eigenvalue weighted by molar-refractivity contribution is 5.12. The van der Waals surface area contributed by atoms with E-state index < -0.39 is 0 Å². The fraction of sp³-hybridized carbons (Fsp3) is 1.00. The van der Waals surface area contributed by atoms with Crippen LogP contribution in [-0.2, 0) is 0 Å². The molecule has 0 spiro atoms. The van der Waals surface area contributed by atoms with Crippen LogP contribution < -0.4 is 5.73 Å². The molecule has 4 rings (SSSR count). The second-order valence-corrected chi connectivity index (χ2v) is 11.0. The van der Waals surface area contributed by atoms with E-state index in [0.29, 0.717) is 16.9 Å². The molecule has 0 heterocycles. The molecule has 0 aromatic rings. The van der Waals surface area contributed by atoms with Gasteiger partial charge in [0.2, 0.25) is 0 Å². The predicted octanol–water partition coefficient (Wildman–Crippen LogP) is 5.13. The SMILES string of the molecule is CC[C@@]1(O)CC[C@H]2[C@H](CC[C@@H]3[C@@H]2CC[C@@]2(C)[C@H]3CC[C@]2(C)[C@@H](C)N)C1. The maximum absolute atomic E-state index is 10.8. The van der Waals surface area contributed by atoms with Crippen LogP contribution in [0.3, 0.4) is 0 Å². The van der Waals surface area contributed by atoms with Crippen molar-refractivity contribution < 1.29 is 5.11 Å². The molecule has 2 heteroatoms. The van der Waals surface area contributed by atoms with Crippen LogP contribution in [0.15, 0.2) is 0 Å². The quantitative estimate of drug-likeness (QED) is 0.727. The molecule has 0 aliphatic heterocycles. The van der Waals surface area contributed by atoms with Gasteiger partial charge in [0.15, 0.2) is 0 Å². The third-order valence-corrected chi connectivity index (χ3v) is 10.4. The van der Waals surface area contributed by atoms with Gasteiger partial charge in [0, 0.05) is 6.04 Å². The molecule has 4 aliphatic carbocycles. The van der Waals surface area contributed by atoms with Gasteiger partial charge in [-0.05, 0) is 112 Å². The zero-order valence-corrected chi connectivity index (χ0v) is 17.1. The van der Waals surface area contributed by atoms with Crippen LogP contribution in [0.4, 0.5) is 0 Å². The van der Waals surface area contributed by atoms with Crippen molar-refractivity contribution in [1.29, 1.82) is 0 Å². The minimum absolute atomic E-state index is 0.310. The van der Waals surface area contributed by atoms with E-state index >= 15 is 0 Å². The first-order valence-electron chi connectivity index (χ1n) is 11.2.